The molecule has 0 amide bonds. The van der Waals surface area contributed by atoms with Crippen LogP contribution < -0.4 is 0 Å². The van der Waals surface area contributed by atoms with Gasteiger partial charge in [-0.25, -0.2) is 8.42 Å². The summed E-state index contributed by atoms with van der Waals surface area (Å²) in [5, 5.41) is 18.1. The number of nitrogens with zero attached hydrogens (tertiary/aromatic N) is 3. The Balaban J connectivity index is 2.60. The number of hydrogen-bond acceptors (Lipinski definition) is 7. The van der Waals surface area contributed by atoms with Crippen molar-refractivity contribution >= 4 is 48.4 Å². The fourth-order valence-corrected chi connectivity index (χ4v) is 3.18. The smallest absolute Gasteiger partial charge is 0.258 e. The molecule has 0 unspecified atom stereocenters. The molecule has 0 saturated heterocycles. The quantitative estimate of drug-likeness (QED) is 0.483. The van der Waals surface area contributed by atoms with Crippen molar-refractivity contribution in [3.05, 3.63) is 33.3 Å². The first-order valence-corrected chi connectivity index (χ1v) is 8.02. The van der Waals surface area contributed by atoms with E-state index in [0.717, 1.165) is 6.07 Å². The van der Waals surface area contributed by atoms with E-state index in [1.54, 1.807) is 0 Å². The van der Waals surface area contributed by atoms with Crippen molar-refractivity contribution in [1.82, 2.24) is 10.2 Å². The first-order chi connectivity index (χ1) is 8.79. The van der Waals surface area contributed by atoms with Crippen LogP contribution in [0, 0.1) is 10.1 Å². The Morgan fingerprint density at radius 1 is 1.32 bits per heavy atom. The van der Waals surface area contributed by atoms with E-state index < -0.39 is 18.3 Å². The van der Waals surface area contributed by atoms with Crippen molar-refractivity contribution in [2.75, 3.05) is 0 Å². The third-order valence-electron chi connectivity index (χ3n) is 2.00. The lowest BCUT2D eigenvalue weighted by atomic mass is 10.2. The molecule has 0 aliphatic carbocycles. The lowest BCUT2D eigenvalue weighted by Crippen LogP contribution is -1.91. The highest BCUT2D eigenvalue weighted by atomic mass is 35.7. The Hall–Kier alpha value is -1.29. The van der Waals surface area contributed by atoms with Crippen molar-refractivity contribution in [3.63, 3.8) is 0 Å². The zero-order chi connectivity index (χ0) is 14.2. The second-order valence-corrected chi connectivity index (χ2v) is 7.38. The molecule has 0 atom stereocenters. The summed E-state index contributed by atoms with van der Waals surface area (Å²) < 4.78 is 21.7. The molecule has 0 N–H and O–H groups in total. The predicted octanol–water partition coefficient (Wildman–Crippen LogP) is 2.69. The summed E-state index contributed by atoms with van der Waals surface area (Å²) >= 11 is 6.31. The van der Waals surface area contributed by atoms with Crippen LogP contribution in [-0.2, 0) is 9.05 Å². The Morgan fingerprint density at radius 3 is 2.53 bits per heavy atom. The maximum Gasteiger partial charge on any atom is 0.290 e. The van der Waals surface area contributed by atoms with Crippen molar-refractivity contribution in [2.45, 2.75) is 4.34 Å². The van der Waals surface area contributed by atoms with Gasteiger partial charge in [0.15, 0.2) is 5.01 Å². The molecule has 0 fully saturated rings. The number of nitro groups is 1. The zero-order valence-corrected chi connectivity index (χ0v) is 11.9. The molecule has 0 radical (unpaired) electrons. The predicted molar refractivity (Wildman–Crippen MR) is 70.0 cm³/mol. The summed E-state index contributed by atoms with van der Waals surface area (Å²) in [6, 6.07) is 3.94. The van der Waals surface area contributed by atoms with Gasteiger partial charge in [0.05, 0.1) is 10.5 Å². The molecule has 11 heteroatoms. The molecule has 19 heavy (non-hydrogen) atoms. The van der Waals surface area contributed by atoms with E-state index in [4.69, 9.17) is 22.3 Å². The van der Waals surface area contributed by atoms with Crippen LogP contribution in [0.2, 0.25) is 5.02 Å². The standard InChI is InChI=1S/C8H3Cl2N3O4S2/c9-4-1-2-5(6(3-4)13(14)15)7-11-12-8(18-7)19(10,16)17/h1-3H. The van der Waals surface area contributed by atoms with Gasteiger partial charge < -0.3 is 0 Å². The third kappa shape index (κ3) is 3.00. The van der Waals surface area contributed by atoms with Gasteiger partial charge in [-0.2, -0.15) is 0 Å². The van der Waals surface area contributed by atoms with Crippen LogP contribution in [0.3, 0.4) is 0 Å². The Labute approximate surface area is 120 Å². The first-order valence-electron chi connectivity index (χ1n) is 4.51. The van der Waals surface area contributed by atoms with Gasteiger partial charge in [-0.05, 0) is 12.1 Å². The van der Waals surface area contributed by atoms with Crippen LogP contribution in [0.5, 0.6) is 0 Å². The van der Waals surface area contributed by atoms with Crippen LogP contribution in [0.1, 0.15) is 0 Å². The van der Waals surface area contributed by atoms with E-state index >= 15 is 0 Å². The highest BCUT2D eigenvalue weighted by Gasteiger charge is 2.23. The van der Waals surface area contributed by atoms with E-state index in [9.17, 15) is 18.5 Å². The van der Waals surface area contributed by atoms with Crippen LogP contribution >= 0.6 is 33.6 Å². The van der Waals surface area contributed by atoms with Gasteiger partial charge in [-0.3, -0.25) is 10.1 Å². The molecule has 7 nitrogen and oxygen atoms in total. The number of halogens is 2. The molecule has 0 bridgehead atoms. The Kier molecular flexibility index (Phi) is 3.72. The average molecular weight is 340 g/mol. The van der Waals surface area contributed by atoms with Crippen LogP contribution in [0.25, 0.3) is 10.6 Å². The van der Waals surface area contributed by atoms with Crippen LogP contribution in [-0.4, -0.2) is 23.5 Å². The van der Waals surface area contributed by atoms with Crippen molar-refractivity contribution < 1.29 is 13.3 Å². The fraction of sp³-hybridized carbons (Fsp3) is 0. The zero-order valence-electron chi connectivity index (χ0n) is 8.78. The van der Waals surface area contributed by atoms with Crippen molar-refractivity contribution in [3.8, 4) is 10.6 Å². The Morgan fingerprint density at radius 2 is 2.00 bits per heavy atom. The number of nitro benzene ring substituents is 1. The van der Waals surface area contributed by atoms with Crippen LogP contribution in [0.15, 0.2) is 22.5 Å². The summed E-state index contributed by atoms with van der Waals surface area (Å²) in [4.78, 5) is 10.3. The van der Waals surface area contributed by atoms with Gasteiger partial charge in [0, 0.05) is 21.8 Å². The highest BCUT2D eigenvalue weighted by Crippen LogP contribution is 2.35. The summed E-state index contributed by atoms with van der Waals surface area (Å²) in [5.41, 5.74) is -0.166. The fourth-order valence-electron chi connectivity index (χ4n) is 1.25. The van der Waals surface area contributed by atoms with E-state index in [1.165, 1.54) is 12.1 Å². The molecule has 1 heterocycles. The second-order valence-electron chi connectivity index (χ2n) is 3.23. The van der Waals surface area contributed by atoms with Crippen LogP contribution in [0.4, 0.5) is 5.69 Å². The molecular formula is C8H3Cl2N3O4S2. The van der Waals surface area contributed by atoms with Gasteiger partial charge in [-0.15, -0.1) is 10.2 Å². The summed E-state index contributed by atoms with van der Waals surface area (Å²) in [5.74, 6) is 0. The van der Waals surface area contributed by atoms with Crippen molar-refractivity contribution in [2.24, 2.45) is 0 Å². The van der Waals surface area contributed by atoms with Gasteiger partial charge in [0.1, 0.15) is 0 Å². The molecule has 100 valence electrons. The molecule has 0 saturated carbocycles. The molecule has 1 aromatic carbocycles. The minimum Gasteiger partial charge on any atom is -0.258 e. The molecular weight excluding hydrogens is 337 g/mol. The molecule has 2 aromatic rings. The molecule has 1 aromatic heterocycles. The van der Waals surface area contributed by atoms with Gasteiger partial charge in [-0.1, -0.05) is 22.9 Å². The maximum atomic E-state index is 11.1. The third-order valence-corrected chi connectivity index (χ3v) is 5.11. The molecule has 2 rings (SSSR count). The maximum absolute atomic E-state index is 11.1. The summed E-state index contributed by atoms with van der Waals surface area (Å²) in [6.45, 7) is 0. The Bertz CT molecular complexity index is 759. The topological polar surface area (TPSA) is 103 Å². The minimum absolute atomic E-state index is 0.0718. The first kappa shape index (κ1) is 14.1. The van der Waals surface area contributed by atoms with E-state index in [-0.39, 0.29) is 21.3 Å². The second kappa shape index (κ2) is 5.00. The summed E-state index contributed by atoms with van der Waals surface area (Å²) in [6.07, 6.45) is 0. The largest absolute Gasteiger partial charge is 0.290 e. The molecule has 0 aliphatic rings. The number of hydrogen-bond donors (Lipinski definition) is 0. The lowest BCUT2D eigenvalue weighted by molar-refractivity contribution is -0.384. The molecule has 0 spiro atoms. The van der Waals surface area contributed by atoms with E-state index in [1.807, 2.05) is 0 Å². The number of rotatable bonds is 3. The van der Waals surface area contributed by atoms with E-state index in [0.29, 0.717) is 11.3 Å². The van der Waals surface area contributed by atoms with E-state index in [2.05, 4.69) is 10.2 Å². The highest BCUT2D eigenvalue weighted by molar-refractivity contribution is 8.15. The van der Waals surface area contributed by atoms with Gasteiger partial charge in [0.2, 0.25) is 4.34 Å². The monoisotopic (exact) mass is 339 g/mol. The van der Waals surface area contributed by atoms with Gasteiger partial charge in [0.25, 0.3) is 14.7 Å². The van der Waals surface area contributed by atoms with Gasteiger partial charge >= 0.3 is 0 Å². The van der Waals surface area contributed by atoms with Crippen molar-refractivity contribution in [1.29, 1.82) is 0 Å². The average Bonchev–Trinajstić information content (AvgIpc) is 2.77. The molecule has 0 aliphatic heterocycles. The number of benzene rings is 1. The lowest BCUT2D eigenvalue weighted by Gasteiger charge is -1.98. The minimum atomic E-state index is -4.01. The normalized spacial score (nSPS) is 11.5. The summed E-state index contributed by atoms with van der Waals surface area (Å²) in [7, 11) is 1.10. The SMILES string of the molecule is O=[N+]([O-])c1cc(Cl)ccc1-c1nnc(S(=O)(=O)Cl)s1. The number of aromatic nitrogens is 2.